The molecule has 0 bridgehead atoms. The van der Waals surface area contributed by atoms with E-state index < -0.39 is 10.0 Å². The lowest BCUT2D eigenvalue weighted by molar-refractivity contribution is -0.0381. The Bertz CT molecular complexity index is 739. The second-order valence-electron chi connectivity index (χ2n) is 4.59. The van der Waals surface area contributed by atoms with Crippen molar-refractivity contribution < 1.29 is 13.6 Å². The molecule has 0 saturated carbocycles. The summed E-state index contributed by atoms with van der Waals surface area (Å²) >= 11 is 5.72. The van der Waals surface area contributed by atoms with Gasteiger partial charge in [-0.05, 0) is 48.6 Å². The number of nitrogens with one attached hydrogen (secondary N) is 1. The maximum Gasteiger partial charge on any atom is 0.240 e. The van der Waals surface area contributed by atoms with Gasteiger partial charge in [0.15, 0.2) is 0 Å². The summed E-state index contributed by atoms with van der Waals surface area (Å²) in [5, 5.41) is 11.0. The molecular formula is C15H16ClN3O3S. The Morgan fingerprint density at radius 3 is 2.70 bits per heavy atom. The molecule has 0 fully saturated rings. The van der Waals surface area contributed by atoms with Crippen molar-refractivity contribution in [1.29, 1.82) is 0 Å². The molecular weight excluding hydrogens is 338 g/mol. The van der Waals surface area contributed by atoms with E-state index in [1.165, 1.54) is 30.5 Å². The average Bonchev–Trinajstić information content (AvgIpc) is 3.01. The number of nitrogens with zero attached hydrogens (tertiary/aromatic N) is 2. The van der Waals surface area contributed by atoms with E-state index in [0.29, 0.717) is 5.02 Å². The van der Waals surface area contributed by atoms with E-state index in [2.05, 4.69) is 9.71 Å². The molecule has 23 heavy (non-hydrogen) atoms. The molecule has 1 aliphatic heterocycles. The van der Waals surface area contributed by atoms with Crippen LogP contribution in [0.4, 0.5) is 0 Å². The first kappa shape index (κ1) is 17.4. The van der Waals surface area contributed by atoms with Gasteiger partial charge in [-0.15, -0.1) is 0 Å². The van der Waals surface area contributed by atoms with Crippen LogP contribution in [0.3, 0.4) is 0 Å². The molecule has 122 valence electrons. The van der Waals surface area contributed by atoms with Crippen molar-refractivity contribution in [1.82, 2.24) is 9.79 Å². The molecule has 1 aliphatic rings. The van der Waals surface area contributed by atoms with Gasteiger partial charge >= 0.3 is 0 Å². The predicted molar refractivity (Wildman–Crippen MR) is 90.0 cm³/mol. The molecule has 0 saturated heterocycles. The number of aliphatic imine (C=N–C) groups is 1. The number of allylic oxidation sites excluding steroid dienone is 4. The summed E-state index contributed by atoms with van der Waals surface area (Å²) in [6.45, 7) is 0.159. The fourth-order valence-corrected chi connectivity index (χ4v) is 2.87. The van der Waals surface area contributed by atoms with Crippen LogP contribution < -0.4 is 4.72 Å². The minimum absolute atomic E-state index is 0.0560. The zero-order valence-electron chi connectivity index (χ0n) is 12.1. The Kier molecular flexibility index (Phi) is 6.12. The Hall–Kier alpha value is -1.93. The molecule has 0 aromatic heterocycles. The molecule has 6 nitrogen and oxygen atoms in total. The summed E-state index contributed by atoms with van der Waals surface area (Å²) < 4.78 is 26.4. The zero-order chi connectivity index (χ0) is 16.7. The van der Waals surface area contributed by atoms with Crippen LogP contribution in [0.2, 0.25) is 5.02 Å². The van der Waals surface area contributed by atoms with E-state index in [-0.39, 0.29) is 18.0 Å². The molecule has 0 spiro atoms. The van der Waals surface area contributed by atoms with Crippen molar-refractivity contribution in [3.63, 3.8) is 0 Å². The van der Waals surface area contributed by atoms with Gasteiger partial charge in [0.25, 0.3) is 0 Å². The molecule has 0 amide bonds. The fourth-order valence-electron chi connectivity index (χ4n) is 1.72. The van der Waals surface area contributed by atoms with Crippen LogP contribution in [0, 0.1) is 0 Å². The Labute approximate surface area is 140 Å². The standard InChI is InChI=1S/C15H16ClN3O3S/c16-13-5-7-15(8-6-13)23(21,22)18-10-12-19(20)11-2-4-14-3-1-9-17-14/h1-9,11,18,20H,10,12H2/b11-2+,14-4-. The molecule has 0 atom stereocenters. The van der Waals surface area contributed by atoms with E-state index in [9.17, 15) is 13.6 Å². The first-order chi connectivity index (χ1) is 11.0. The van der Waals surface area contributed by atoms with Gasteiger partial charge in [0.2, 0.25) is 10.0 Å². The van der Waals surface area contributed by atoms with E-state index >= 15 is 0 Å². The van der Waals surface area contributed by atoms with Gasteiger partial charge in [-0.2, -0.15) is 0 Å². The summed E-state index contributed by atoms with van der Waals surface area (Å²) in [5.41, 5.74) is 0.776. The minimum Gasteiger partial charge on any atom is -0.289 e. The van der Waals surface area contributed by atoms with Crippen molar-refractivity contribution in [2.75, 3.05) is 13.1 Å². The lowest BCUT2D eigenvalue weighted by atomic mass is 10.4. The topological polar surface area (TPSA) is 82.0 Å². The SMILES string of the molecule is O=S(=O)(NCCN(O)/C=C/C=C1/C=CC=N1)c1ccc(Cl)cc1. The van der Waals surface area contributed by atoms with Crippen molar-refractivity contribution in [3.8, 4) is 0 Å². The fraction of sp³-hybridized carbons (Fsp3) is 0.133. The van der Waals surface area contributed by atoms with Gasteiger partial charge in [0.1, 0.15) is 0 Å². The number of hydrogen-bond acceptors (Lipinski definition) is 5. The highest BCUT2D eigenvalue weighted by Crippen LogP contribution is 2.13. The second-order valence-corrected chi connectivity index (χ2v) is 6.79. The third-order valence-corrected chi connectivity index (χ3v) is 4.59. The number of hydroxylamine groups is 2. The first-order valence-corrected chi connectivity index (χ1v) is 8.63. The number of halogens is 1. The summed E-state index contributed by atoms with van der Waals surface area (Å²) in [7, 11) is -3.62. The van der Waals surface area contributed by atoms with E-state index in [1.54, 1.807) is 18.4 Å². The van der Waals surface area contributed by atoms with Gasteiger partial charge < -0.3 is 0 Å². The lowest BCUT2D eigenvalue weighted by Crippen LogP contribution is -2.31. The summed E-state index contributed by atoms with van der Waals surface area (Å²) in [4.78, 5) is 4.16. The molecule has 1 aromatic rings. The van der Waals surface area contributed by atoms with Crippen LogP contribution in [0.25, 0.3) is 0 Å². The van der Waals surface area contributed by atoms with Gasteiger partial charge in [0.05, 0.1) is 17.1 Å². The summed E-state index contributed by atoms with van der Waals surface area (Å²) in [6, 6.07) is 5.85. The molecule has 2 rings (SSSR count). The van der Waals surface area contributed by atoms with Crippen molar-refractivity contribution >= 4 is 27.8 Å². The first-order valence-electron chi connectivity index (χ1n) is 6.77. The number of benzene rings is 1. The number of sulfonamides is 1. The van der Waals surface area contributed by atoms with E-state index in [1.807, 2.05) is 12.2 Å². The van der Waals surface area contributed by atoms with Crippen molar-refractivity contribution in [2.24, 2.45) is 4.99 Å². The Morgan fingerprint density at radius 2 is 2.04 bits per heavy atom. The third kappa shape index (κ3) is 5.65. The third-order valence-electron chi connectivity index (χ3n) is 2.86. The Balaban J connectivity index is 1.80. The molecule has 8 heteroatoms. The summed E-state index contributed by atoms with van der Waals surface area (Å²) in [5.74, 6) is 0. The quantitative estimate of drug-likeness (QED) is 0.737. The summed E-state index contributed by atoms with van der Waals surface area (Å²) in [6.07, 6.45) is 10.1. The van der Waals surface area contributed by atoms with Gasteiger partial charge in [-0.3, -0.25) is 15.3 Å². The highest BCUT2D eigenvalue weighted by atomic mass is 35.5. The van der Waals surface area contributed by atoms with Gasteiger partial charge in [-0.1, -0.05) is 11.6 Å². The highest BCUT2D eigenvalue weighted by molar-refractivity contribution is 7.89. The minimum atomic E-state index is -3.62. The van der Waals surface area contributed by atoms with Crippen LogP contribution in [0.5, 0.6) is 0 Å². The van der Waals surface area contributed by atoms with Crippen LogP contribution >= 0.6 is 11.6 Å². The maximum absolute atomic E-state index is 12.0. The smallest absolute Gasteiger partial charge is 0.240 e. The molecule has 1 heterocycles. The average molecular weight is 354 g/mol. The van der Waals surface area contributed by atoms with Crippen molar-refractivity contribution in [3.05, 3.63) is 65.5 Å². The van der Waals surface area contributed by atoms with Crippen molar-refractivity contribution in [2.45, 2.75) is 4.90 Å². The van der Waals surface area contributed by atoms with Crippen LogP contribution in [0.15, 0.2) is 70.4 Å². The monoisotopic (exact) mass is 353 g/mol. The van der Waals surface area contributed by atoms with E-state index in [4.69, 9.17) is 11.6 Å². The number of rotatable bonds is 7. The van der Waals surface area contributed by atoms with Crippen LogP contribution in [0.1, 0.15) is 0 Å². The number of hydrogen-bond donors (Lipinski definition) is 2. The normalized spacial score (nSPS) is 15.8. The largest absolute Gasteiger partial charge is 0.289 e. The predicted octanol–water partition coefficient (Wildman–Crippen LogP) is 2.35. The molecule has 2 N–H and O–H groups in total. The maximum atomic E-state index is 12.0. The second kappa shape index (κ2) is 8.07. The van der Waals surface area contributed by atoms with Crippen LogP contribution in [-0.4, -0.2) is 38.0 Å². The zero-order valence-corrected chi connectivity index (χ0v) is 13.7. The lowest BCUT2D eigenvalue weighted by Gasteiger charge is -2.12. The molecule has 0 aliphatic carbocycles. The van der Waals surface area contributed by atoms with Crippen LogP contribution in [-0.2, 0) is 10.0 Å². The Morgan fingerprint density at radius 1 is 1.30 bits per heavy atom. The van der Waals surface area contributed by atoms with Gasteiger partial charge in [0, 0.05) is 24.0 Å². The highest BCUT2D eigenvalue weighted by Gasteiger charge is 2.13. The molecule has 0 radical (unpaired) electrons. The van der Waals surface area contributed by atoms with E-state index in [0.717, 1.165) is 10.8 Å². The molecule has 0 unspecified atom stereocenters. The molecule has 1 aromatic carbocycles. The van der Waals surface area contributed by atoms with Gasteiger partial charge in [-0.25, -0.2) is 13.1 Å².